The Labute approximate surface area is 133 Å². The fourth-order valence-corrected chi connectivity index (χ4v) is 2.90. The average molecular weight is 316 g/mol. The number of furan rings is 1. The second-order valence-corrected chi connectivity index (χ2v) is 5.86. The molecule has 0 bridgehead atoms. The molecule has 122 valence electrons. The number of hydrogen-bond donors (Lipinski definition) is 1. The second kappa shape index (κ2) is 6.28. The van der Waals surface area contributed by atoms with Crippen LogP contribution in [-0.2, 0) is 11.3 Å². The minimum atomic E-state index is -0.460. The van der Waals surface area contributed by atoms with E-state index in [1.807, 2.05) is 11.8 Å². The molecule has 1 aliphatic rings. The highest BCUT2D eigenvalue weighted by Gasteiger charge is 2.24. The Morgan fingerprint density at radius 2 is 2.30 bits per heavy atom. The third-order valence-electron chi connectivity index (χ3n) is 4.18. The SMILES string of the molecule is CC1CCCCN1C(=O)Cn1nc(-c2ccco2)cc(N)c1=O. The van der Waals surface area contributed by atoms with Crippen LogP contribution in [0.25, 0.3) is 11.5 Å². The summed E-state index contributed by atoms with van der Waals surface area (Å²) in [6.45, 7) is 2.64. The summed E-state index contributed by atoms with van der Waals surface area (Å²) in [5.74, 6) is 0.395. The molecule has 1 saturated heterocycles. The molecule has 2 N–H and O–H groups in total. The molecular formula is C16H20N4O3. The highest BCUT2D eigenvalue weighted by Crippen LogP contribution is 2.19. The average Bonchev–Trinajstić information content (AvgIpc) is 3.06. The van der Waals surface area contributed by atoms with Crippen LogP contribution in [0, 0.1) is 0 Å². The number of piperidine rings is 1. The van der Waals surface area contributed by atoms with Gasteiger partial charge in [-0.15, -0.1) is 0 Å². The standard InChI is InChI=1S/C16H20N4O3/c1-11-5-2-3-7-19(11)15(21)10-20-16(22)12(17)9-13(18-20)14-6-4-8-23-14/h4,6,8-9,11H,2-3,5,7,10,17H2,1H3. The Morgan fingerprint density at radius 3 is 3.00 bits per heavy atom. The molecule has 0 aliphatic carbocycles. The van der Waals surface area contributed by atoms with Crippen molar-refractivity contribution in [2.75, 3.05) is 12.3 Å². The van der Waals surface area contributed by atoms with Crippen molar-refractivity contribution in [3.8, 4) is 11.5 Å². The molecule has 0 radical (unpaired) electrons. The molecule has 1 unspecified atom stereocenters. The molecule has 2 aromatic rings. The van der Waals surface area contributed by atoms with Gasteiger partial charge in [-0.05, 0) is 44.4 Å². The Morgan fingerprint density at radius 1 is 1.48 bits per heavy atom. The summed E-state index contributed by atoms with van der Waals surface area (Å²) in [5, 5.41) is 4.22. The fourth-order valence-electron chi connectivity index (χ4n) is 2.90. The van der Waals surface area contributed by atoms with E-state index in [0.29, 0.717) is 11.5 Å². The number of nitrogens with two attached hydrogens (primary N) is 1. The van der Waals surface area contributed by atoms with Gasteiger partial charge in [0.25, 0.3) is 5.56 Å². The Hall–Kier alpha value is -2.57. The smallest absolute Gasteiger partial charge is 0.290 e. The van der Waals surface area contributed by atoms with Gasteiger partial charge in [0.2, 0.25) is 5.91 Å². The van der Waals surface area contributed by atoms with E-state index in [1.54, 1.807) is 12.1 Å². The largest absolute Gasteiger partial charge is 0.463 e. The Kier molecular flexibility index (Phi) is 4.18. The van der Waals surface area contributed by atoms with E-state index in [0.717, 1.165) is 30.5 Å². The van der Waals surface area contributed by atoms with Crippen LogP contribution in [0.3, 0.4) is 0 Å². The van der Waals surface area contributed by atoms with E-state index >= 15 is 0 Å². The van der Waals surface area contributed by atoms with Gasteiger partial charge in [-0.1, -0.05) is 0 Å². The van der Waals surface area contributed by atoms with Crippen molar-refractivity contribution in [2.45, 2.75) is 38.8 Å². The van der Waals surface area contributed by atoms with Crippen molar-refractivity contribution in [2.24, 2.45) is 0 Å². The van der Waals surface area contributed by atoms with E-state index in [1.165, 1.54) is 12.3 Å². The highest BCUT2D eigenvalue weighted by molar-refractivity contribution is 5.76. The lowest BCUT2D eigenvalue weighted by Gasteiger charge is -2.33. The lowest BCUT2D eigenvalue weighted by atomic mass is 10.0. The summed E-state index contributed by atoms with van der Waals surface area (Å²) in [4.78, 5) is 26.5. The van der Waals surface area contributed by atoms with Crippen LogP contribution in [0.4, 0.5) is 5.69 Å². The number of likely N-dealkylation sites (tertiary alicyclic amines) is 1. The van der Waals surface area contributed by atoms with Gasteiger partial charge < -0.3 is 15.1 Å². The van der Waals surface area contributed by atoms with E-state index in [-0.39, 0.29) is 24.2 Å². The van der Waals surface area contributed by atoms with Crippen LogP contribution in [0.5, 0.6) is 0 Å². The first-order valence-corrected chi connectivity index (χ1v) is 7.77. The van der Waals surface area contributed by atoms with E-state index in [4.69, 9.17) is 10.2 Å². The predicted octanol–water partition coefficient (Wildman–Crippen LogP) is 1.49. The number of hydrogen-bond acceptors (Lipinski definition) is 5. The van der Waals surface area contributed by atoms with Crippen LogP contribution < -0.4 is 11.3 Å². The molecule has 1 atom stereocenters. The van der Waals surface area contributed by atoms with E-state index in [2.05, 4.69) is 5.10 Å². The molecule has 0 saturated carbocycles. The van der Waals surface area contributed by atoms with Crippen molar-refractivity contribution in [1.29, 1.82) is 0 Å². The minimum Gasteiger partial charge on any atom is -0.463 e. The zero-order chi connectivity index (χ0) is 16.4. The molecule has 1 aliphatic heterocycles. The number of amides is 1. The van der Waals surface area contributed by atoms with Crippen LogP contribution in [0.15, 0.2) is 33.7 Å². The molecule has 0 spiro atoms. The van der Waals surface area contributed by atoms with Gasteiger partial charge in [0, 0.05) is 12.6 Å². The maximum atomic E-state index is 12.5. The molecule has 1 amide bonds. The first-order chi connectivity index (χ1) is 11.1. The second-order valence-electron chi connectivity index (χ2n) is 5.86. The van der Waals surface area contributed by atoms with Crippen molar-refractivity contribution < 1.29 is 9.21 Å². The normalized spacial score (nSPS) is 18.1. The van der Waals surface area contributed by atoms with Crippen molar-refractivity contribution in [1.82, 2.24) is 14.7 Å². The zero-order valence-electron chi connectivity index (χ0n) is 13.1. The van der Waals surface area contributed by atoms with Gasteiger partial charge >= 0.3 is 0 Å². The summed E-state index contributed by atoms with van der Waals surface area (Å²) in [5.41, 5.74) is 5.79. The zero-order valence-corrected chi connectivity index (χ0v) is 13.1. The number of nitrogens with zero attached hydrogens (tertiary/aromatic N) is 3. The summed E-state index contributed by atoms with van der Waals surface area (Å²) in [6, 6.07) is 5.11. The maximum Gasteiger partial charge on any atom is 0.290 e. The van der Waals surface area contributed by atoms with Crippen LogP contribution >= 0.6 is 0 Å². The molecule has 3 rings (SSSR count). The Bertz CT molecular complexity index is 751. The predicted molar refractivity (Wildman–Crippen MR) is 85.6 cm³/mol. The van der Waals surface area contributed by atoms with Gasteiger partial charge in [0.15, 0.2) is 5.76 Å². The van der Waals surface area contributed by atoms with Gasteiger partial charge in [-0.3, -0.25) is 9.59 Å². The molecular weight excluding hydrogens is 296 g/mol. The molecule has 3 heterocycles. The monoisotopic (exact) mass is 316 g/mol. The number of carbonyl (C=O) groups is 1. The lowest BCUT2D eigenvalue weighted by molar-refractivity contribution is -0.135. The quantitative estimate of drug-likeness (QED) is 0.925. The molecule has 1 fully saturated rings. The van der Waals surface area contributed by atoms with Gasteiger partial charge in [0.1, 0.15) is 17.9 Å². The van der Waals surface area contributed by atoms with Gasteiger partial charge in [-0.25, -0.2) is 4.68 Å². The first-order valence-electron chi connectivity index (χ1n) is 7.77. The summed E-state index contributed by atoms with van der Waals surface area (Å²) in [7, 11) is 0. The number of aromatic nitrogens is 2. The lowest BCUT2D eigenvalue weighted by Crippen LogP contribution is -2.45. The molecule has 7 nitrogen and oxygen atoms in total. The number of carbonyl (C=O) groups excluding carboxylic acids is 1. The summed E-state index contributed by atoms with van der Waals surface area (Å²) >= 11 is 0. The first kappa shape index (κ1) is 15.3. The topological polar surface area (TPSA) is 94.4 Å². The number of anilines is 1. The molecule has 0 aromatic carbocycles. The molecule has 23 heavy (non-hydrogen) atoms. The van der Waals surface area contributed by atoms with E-state index < -0.39 is 5.56 Å². The van der Waals surface area contributed by atoms with Crippen molar-refractivity contribution in [3.05, 3.63) is 34.8 Å². The van der Waals surface area contributed by atoms with E-state index in [9.17, 15) is 9.59 Å². The number of nitrogen functional groups attached to an aromatic ring is 1. The molecule has 2 aromatic heterocycles. The van der Waals surface area contributed by atoms with Gasteiger partial charge in [0.05, 0.1) is 6.26 Å². The minimum absolute atomic E-state index is 0.0471. The number of rotatable bonds is 3. The molecule has 7 heteroatoms. The maximum absolute atomic E-state index is 12.5. The fraction of sp³-hybridized carbons (Fsp3) is 0.438. The van der Waals surface area contributed by atoms with Crippen LogP contribution in [0.2, 0.25) is 0 Å². The van der Waals surface area contributed by atoms with Gasteiger partial charge in [-0.2, -0.15) is 5.10 Å². The van der Waals surface area contributed by atoms with Crippen molar-refractivity contribution in [3.63, 3.8) is 0 Å². The third kappa shape index (κ3) is 3.13. The third-order valence-corrected chi connectivity index (χ3v) is 4.18. The van der Waals surface area contributed by atoms with Crippen molar-refractivity contribution >= 4 is 11.6 Å². The van der Waals surface area contributed by atoms with Crippen LogP contribution in [0.1, 0.15) is 26.2 Å². The summed E-state index contributed by atoms with van der Waals surface area (Å²) < 4.78 is 6.40. The van der Waals surface area contributed by atoms with Crippen LogP contribution in [-0.4, -0.2) is 33.2 Å². The Balaban J connectivity index is 1.87. The highest BCUT2D eigenvalue weighted by atomic mass is 16.3. The summed E-state index contributed by atoms with van der Waals surface area (Å²) in [6.07, 6.45) is 4.63.